The van der Waals surface area contributed by atoms with Crippen LogP contribution in [0, 0.1) is 0 Å². The topological polar surface area (TPSA) is 42.7 Å². The molecule has 2 rings (SSSR count). The molecule has 0 radical (unpaired) electrons. The summed E-state index contributed by atoms with van der Waals surface area (Å²) in [6, 6.07) is 3.72. The van der Waals surface area contributed by atoms with Gasteiger partial charge in [0.15, 0.2) is 0 Å². The van der Waals surface area contributed by atoms with Gasteiger partial charge in [0.2, 0.25) is 0 Å². The Morgan fingerprint density at radius 3 is 2.74 bits per heavy atom. The summed E-state index contributed by atoms with van der Waals surface area (Å²) in [5.41, 5.74) is 3.31. The molecule has 4 nitrogen and oxygen atoms in total. The van der Waals surface area contributed by atoms with E-state index in [1.165, 1.54) is 5.56 Å². The van der Waals surface area contributed by atoms with E-state index in [-0.39, 0.29) is 5.41 Å². The highest BCUT2D eigenvalue weighted by molar-refractivity contribution is 6.29. The van der Waals surface area contributed by atoms with Crippen molar-refractivity contribution in [1.82, 2.24) is 14.8 Å². The molecule has 2 aromatic heterocycles. The van der Waals surface area contributed by atoms with Gasteiger partial charge in [0.25, 0.3) is 0 Å². The summed E-state index contributed by atoms with van der Waals surface area (Å²) in [6.07, 6.45) is 3.75. The zero-order valence-corrected chi connectivity index (χ0v) is 12.5. The van der Waals surface area contributed by atoms with Crippen LogP contribution in [0.4, 0.5) is 5.69 Å². The number of pyridine rings is 1. The molecule has 2 aromatic rings. The average Bonchev–Trinajstić information content (AvgIpc) is 2.68. The van der Waals surface area contributed by atoms with Crippen molar-refractivity contribution in [2.75, 3.05) is 5.32 Å². The van der Waals surface area contributed by atoms with Crippen molar-refractivity contribution in [3.05, 3.63) is 40.9 Å². The van der Waals surface area contributed by atoms with Crippen LogP contribution in [0.2, 0.25) is 5.15 Å². The van der Waals surface area contributed by atoms with Crippen molar-refractivity contribution in [2.45, 2.75) is 32.7 Å². The summed E-state index contributed by atoms with van der Waals surface area (Å²) < 4.78 is 1.86. The predicted molar refractivity (Wildman–Crippen MR) is 78.5 cm³/mol. The average molecular weight is 279 g/mol. The molecular weight excluding hydrogens is 260 g/mol. The largest absolute Gasteiger partial charge is 0.381 e. The van der Waals surface area contributed by atoms with Crippen LogP contribution in [-0.2, 0) is 19.0 Å². The number of aromatic nitrogens is 3. The van der Waals surface area contributed by atoms with Gasteiger partial charge in [-0.2, -0.15) is 5.10 Å². The van der Waals surface area contributed by atoms with Crippen molar-refractivity contribution in [1.29, 1.82) is 0 Å². The van der Waals surface area contributed by atoms with E-state index >= 15 is 0 Å². The predicted octanol–water partition coefficient (Wildman–Crippen LogP) is 3.38. The Morgan fingerprint density at radius 2 is 2.11 bits per heavy atom. The molecule has 0 aliphatic rings. The second kappa shape index (κ2) is 5.21. The molecule has 0 bridgehead atoms. The summed E-state index contributed by atoms with van der Waals surface area (Å²) in [6.45, 7) is 7.23. The number of hydrogen-bond donors (Lipinski definition) is 1. The smallest absolute Gasteiger partial charge is 0.131 e. The SMILES string of the molecule is Cn1cc(CNc2ccnc(Cl)c2)c(C(C)(C)C)n1. The van der Waals surface area contributed by atoms with Gasteiger partial charge in [-0.05, 0) is 12.1 Å². The molecule has 0 fully saturated rings. The Labute approximate surface area is 118 Å². The van der Waals surface area contributed by atoms with Gasteiger partial charge in [0.1, 0.15) is 5.15 Å². The van der Waals surface area contributed by atoms with E-state index in [0.717, 1.165) is 17.9 Å². The molecule has 1 N–H and O–H groups in total. The van der Waals surface area contributed by atoms with E-state index in [0.29, 0.717) is 5.15 Å². The lowest BCUT2D eigenvalue weighted by atomic mass is 9.89. The first-order valence-electron chi connectivity index (χ1n) is 6.24. The van der Waals surface area contributed by atoms with Crippen LogP contribution in [0.25, 0.3) is 0 Å². The summed E-state index contributed by atoms with van der Waals surface area (Å²) in [5, 5.41) is 8.39. The standard InChI is InChI=1S/C14H19ClN4/c1-14(2,3)13-10(9-19(4)18-13)8-17-11-5-6-16-12(15)7-11/h5-7,9H,8H2,1-4H3,(H,16,17). The van der Waals surface area contributed by atoms with Crippen LogP contribution in [-0.4, -0.2) is 14.8 Å². The zero-order chi connectivity index (χ0) is 14.0. The summed E-state index contributed by atoms with van der Waals surface area (Å²) in [7, 11) is 1.95. The maximum absolute atomic E-state index is 5.87. The van der Waals surface area contributed by atoms with Crippen LogP contribution >= 0.6 is 11.6 Å². The first-order chi connectivity index (χ1) is 8.86. The second-order valence-electron chi connectivity index (χ2n) is 5.65. The minimum absolute atomic E-state index is 0.0359. The van der Waals surface area contributed by atoms with E-state index in [1.807, 2.05) is 23.9 Å². The fourth-order valence-corrected chi connectivity index (χ4v) is 2.18. The lowest BCUT2D eigenvalue weighted by Gasteiger charge is -2.17. The zero-order valence-electron chi connectivity index (χ0n) is 11.7. The van der Waals surface area contributed by atoms with E-state index < -0.39 is 0 Å². The highest BCUT2D eigenvalue weighted by atomic mass is 35.5. The van der Waals surface area contributed by atoms with Crippen molar-refractivity contribution >= 4 is 17.3 Å². The highest BCUT2D eigenvalue weighted by Gasteiger charge is 2.21. The molecule has 102 valence electrons. The first-order valence-corrected chi connectivity index (χ1v) is 6.62. The molecular formula is C14H19ClN4. The van der Waals surface area contributed by atoms with Gasteiger partial charge in [0, 0.05) is 42.7 Å². The van der Waals surface area contributed by atoms with Crippen LogP contribution in [0.5, 0.6) is 0 Å². The minimum atomic E-state index is 0.0359. The third kappa shape index (κ3) is 3.47. The van der Waals surface area contributed by atoms with Crippen LogP contribution < -0.4 is 5.32 Å². The minimum Gasteiger partial charge on any atom is -0.381 e. The van der Waals surface area contributed by atoms with Gasteiger partial charge in [-0.25, -0.2) is 4.98 Å². The monoisotopic (exact) mass is 278 g/mol. The third-order valence-corrected chi connectivity index (χ3v) is 3.03. The van der Waals surface area contributed by atoms with Gasteiger partial charge in [0.05, 0.1) is 5.69 Å². The quantitative estimate of drug-likeness (QED) is 0.876. The van der Waals surface area contributed by atoms with Crippen LogP contribution in [0.1, 0.15) is 32.0 Å². The van der Waals surface area contributed by atoms with E-state index in [4.69, 9.17) is 11.6 Å². The van der Waals surface area contributed by atoms with Gasteiger partial charge < -0.3 is 5.32 Å². The molecule has 0 amide bonds. The Bertz CT molecular complexity index is 569. The lowest BCUT2D eigenvalue weighted by Crippen LogP contribution is -2.16. The van der Waals surface area contributed by atoms with Crippen molar-refractivity contribution in [3.63, 3.8) is 0 Å². The van der Waals surface area contributed by atoms with Gasteiger partial charge in [-0.1, -0.05) is 32.4 Å². The van der Waals surface area contributed by atoms with E-state index in [9.17, 15) is 0 Å². The summed E-state index contributed by atoms with van der Waals surface area (Å²) >= 11 is 5.87. The molecule has 0 saturated carbocycles. The summed E-state index contributed by atoms with van der Waals surface area (Å²) in [4.78, 5) is 3.96. The number of hydrogen-bond acceptors (Lipinski definition) is 3. The van der Waals surface area contributed by atoms with Gasteiger partial charge in [-0.3, -0.25) is 4.68 Å². The van der Waals surface area contributed by atoms with Crippen molar-refractivity contribution in [2.24, 2.45) is 7.05 Å². The Balaban J connectivity index is 2.16. The molecule has 2 heterocycles. The van der Waals surface area contributed by atoms with Crippen molar-refractivity contribution in [3.8, 4) is 0 Å². The van der Waals surface area contributed by atoms with Crippen molar-refractivity contribution < 1.29 is 0 Å². The molecule has 19 heavy (non-hydrogen) atoms. The van der Waals surface area contributed by atoms with Gasteiger partial charge in [-0.15, -0.1) is 0 Å². The molecule has 0 saturated heterocycles. The number of nitrogens with zero attached hydrogens (tertiary/aromatic N) is 3. The number of nitrogens with one attached hydrogen (secondary N) is 1. The Morgan fingerprint density at radius 1 is 1.37 bits per heavy atom. The second-order valence-corrected chi connectivity index (χ2v) is 6.03. The molecule has 0 spiro atoms. The maximum atomic E-state index is 5.87. The molecule has 0 aliphatic heterocycles. The molecule has 0 aliphatic carbocycles. The van der Waals surface area contributed by atoms with Gasteiger partial charge >= 0.3 is 0 Å². The van der Waals surface area contributed by atoms with E-state index in [2.05, 4.69) is 42.4 Å². The number of anilines is 1. The number of halogens is 1. The number of aryl methyl sites for hydroxylation is 1. The molecule has 0 aromatic carbocycles. The molecule has 5 heteroatoms. The van der Waals surface area contributed by atoms with Crippen LogP contribution in [0.3, 0.4) is 0 Å². The summed E-state index contributed by atoms with van der Waals surface area (Å²) in [5.74, 6) is 0. The lowest BCUT2D eigenvalue weighted by molar-refractivity contribution is 0.549. The Hall–Kier alpha value is -1.55. The number of rotatable bonds is 3. The molecule has 0 unspecified atom stereocenters. The normalized spacial score (nSPS) is 11.6. The maximum Gasteiger partial charge on any atom is 0.131 e. The highest BCUT2D eigenvalue weighted by Crippen LogP contribution is 2.25. The molecule has 0 atom stereocenters. The third-order valence-electron chi connectivity index (χ3n) is 2.82. The first kappa shape index (κ1) is 13.9. The fourth-order valence-electron chi connectivity index (χ4n) is 2.01. The Kier molecular flexibility index (Phi) is 3.80. The van der Waals surface area contributed by atoms with E-state index in [1.54, 1.807) is 6.20 Å². The van der Waals surface area contributed by atoms with Crippen LogP contribution in [0.15, 0.2) is 24.5 Å². The fraction of sp³-hybridized carbons (Fsp3) is 0.429.